The van der Waals surface area contributed by atoms with Crippen molar-refractivity contribution in [3.8, 4) is 0 Å². The maximum Gasteiger partial charge on any atom is 0.135 e. The second kappa shape index (κ2) is 5.45. The summed E-state index contributed by atoms with van der Waals surface area (Å²) in [5.74, 6) is -0.366. The van der Waals surface area contributed by atoms with E-state index < -0.39 is 0 Å². The minimum Gasteiger partial charge on any atom is -0.389 e. The molecule has 2 nitrogen and oxygen atoms in total. The number of para-hydroxylation sites is 1. The number of rotatable bonds is 2. The fourth-order valence-electron chi connectivity index (χ4n) is 2.94. The Balaban J connectivity index is 2.07. The van der Waals surface area contributed by atoms with Crippen molar-refractivity contribution in [3.63, 3.8) is 0 Å². The van der Waals surface area contributed by atoms with Gasteiger partial charge in [0.2, 0.25) is 0 Å². The molecule has 1 aliphatic heterocycles. The lowest BCUT2D eigenvalue weighted by Crippen LogP contribution is -2.33. The highest BCUT2D eigenvalue weighted by atomic mass is 32.1. The lowest BCUT2D eigenvalue weighted by Gasteiger charge is -2.37. The zero-order valence-electron chi connectivity index (χ0n) is 11.8. The van der Waals surface area contributed by atoms with E-state index >= 15 is 0 Å². The number of hydrogen-bond donors (Lipinski definition) is 1. The van der Waals surface area contributed by atoms with Crippen molar-refractivity contribution < 1.29 is 4.39 Å². The van der Waals surface area contributed by atoms with Crippen LogP contribution in [-0.2, 0) is 6.42 Å². The maximum absolute atomic E-state index is 14.2. The third-order valence-electron chi connectivity index (χ3n) is 4.02. The SMILES string of the molecule is CC1CCc2ccccc2N1c1ccc(C(N)=S)c(F)c1. The van der Waals surface area contributed by atoms with E-state index in [1.165, 1.54) is 11.6 Å². The molecule has 4 heteroatoms. The Kier molecular flexibility index (Phi) is 3.64. The van der Waals surface area contributed by atoms with Crippen LogP contribution >= 0.6 is 12.2 Å². The molecular weight excluding hydrogens is 283 g/mol. The quantitative estimate of drug-likeness (QED) is 0.852. The first-order chi connectivity index (χ1) is 10.1. The number of aryl methyl sites for hydroxylation is 1. The molecule has 2 aromatic carbocycles. The van der Waals surface area contributed by atoms with Crippen LogP contribution in [0.2, 0.25) is 0 Å². The van der Waals surface area contributed by atoms with E-state index in [0.29, 0.717) is 11.6 Å². The molecule has 0 radical (unpaired) electrons. The zero-order chi connectivity index (χ0) is 15.0. The summed E-state index contributed by atoms with van der Waals surface area (Å²) in [4.78, 5) is 2.27. The van der Waals surface area contributed by atoms with Gasteiger partial charge in [0, 0.05) is 23.0 Å². The number of anilines is 2. The fourth-order valence-corrected chi connectivity index (χ4v) is 3.10. The molecule has 0 aliphatic carbocycles. The lowest BCUT2D eigenvalue weighted by atomic mass is 9.96. The Morgan fingerprint density at radius 3 is 2.76 bits per heavy atom. The Morgan fingerprint density at radius 1 is 1.29 bits per heavy atom. The number of fused-ring (bicyclic) bond motifs is 1. The van der Waals surface area contributed by atoms with Gasteiger partial charge in [-0.2, -0.15) is 0 Å². The molecule has 3 rings (SSSR count). The molecule has 0 saturated carbocycles. The predicted molar refractivity (Wildman–Crippen MR) is 88.7 cm³/mol. The van der Waals surface area contributed by atoms with Crippen molar-refractivity contribution in [1.82, 2.24) is 0 Å². The average molecular weight is 300 g/mol. The molecule has 1 aliphatic rings. The Morgan fingerprint density at radius 2 is 2.05 bits per heavy atom. The van der Waals surface area contributed by atoms with Crippen molar-refractivity contribution in [2.24, 2.45) is 5.73 Å². The summed E-state index contributed by atoms with van der Waals surface area (Å²) in [6.45, 7) is 2.16. The number of hydrogen-bond acceptors (Lipinski definition) is 2. The van der Waals surface area contributed by atoms with E-state index in [2.05, 4.69) is 24.0 Å². The summed E-state index contributed by atoms with van der Waals surface area (Å²) in [7, 11) is 0. The average Bonchev–Trinajstić information content (AvgIpc) is 2.46. The number of benzene rings is 2. The lowest BCUT2D eigenvalue weighted by molar-refractivity contribution is 0.607. The maximum atomic E-state index is 14.2. The van der Waals surface area contributed by atoms with Gasteiger partial charge >= 0.3 is 0 Å². The van der Waals surface area contributed by atoms with Gasteiger partial charge in [-0.15, -0.1) is 0 Å². The van der Waals surface area contributed by atoms with Gasteiger partial charge in [0.05, 0.1) is 0 Å². The van der Waals surface area contributed by atoms with Crippen LogP contribution in [0.5, 0.6) is 0 Å². The molecule has 108 valence electrons. The highest BCUT2D eigenvalue weighted by molar-refractivity contribution is 7.80. The van der Waals surface area contributed by atoms with E-state index in [1.807, 2.05) is 18.2 Å². The van der Waals surface area contributed by atoms with Gasteiger partial charge in [0.25, 0.3) is 0 Å². The van der Waals surface area contributed by atoms with Gasteiger partial charge < -0.3 is 10.6 Å². The minimum atomic E-state index is -0.366. The Labute approximate surface area is 129 Å². The normalized spacial score (nSPS) is 17.4. The van der Waals surface area contributed by atoms with Crippen LogP contribution in [0.1, 0.15) is 24.5 Å². The molecule has 0 bridgehead atoms. The van der Waals surface area contributed by atoms with Gasteiger partial charge in [-0.3, -0.25) is 0 Å². The third-order valence-corrected chi connectivity index (χ3v) is 4.24. The largest absolute Gasteiger partial charge is 0.389 e. The molecule has 2 aromatic rings. The van der Waals surface area contributed by atoms with Gasteiger partial charge in [-0.25, -0.2) is 4.39 Å². The molecule has 0 saturated heterocycles. The summed E-state index contributed by atoms with van der Waals surface area (Å²) in [6, 6.07) is 13.7. The molecule has 2 N–H and O–H groups in total. The highest BCUT2D eigenvalue weighted by Crippen LogP contribution is 2.37. The Bertz CT molecular complexity index is 699. The summed E-state index contributed by atoms with van der Waals surface area (Å²) < 4.78 is 14.2. The van der Waals surface area contributed by atoms with Gasteiger partial charge in [0.15, 0.2) is 0 Å². The second-order valence-corrected chi connectivity index (χ2v) is 5.85. The molecule has 1 atom stereocenters. The highest BCUT2D eigenvalue weighted by Gasteiger charge is 2.24. The molecule has 0 aromatic heterocycles. The van der Waals surface area contributed by atoms with Crippen LogP contribution in [0.4, 0.5) is 15.8 Å². The topological polar surface area (TPSA) is 29.3 Å². The van der Waals surface area contributed by atoms with Crippen LogP contribution < -0.4 is 10.6 Å². The van der Waals surface area contributed by atoms with Crippen LogP contribution in [0.25, 0.3) is 0 Å². The van der Waals surface area contributed by atoms with Crippen LogP contribution in [0, 0.1) is 5.82 Å². The monoisotopic (exact) mass is 300 g/mol. The van der Waals surface area contributed by atoms with Crippen molar-refractivity contribution >= 4 is 28.6 Å². The van der Waals surface area contributed by atoms with Crippen molar-refractivity contribution in [2.75, 3.05) is 4.90 Å². The first kappa shape index (κ1) is 14.0. The number of nitrogens with zero attached hydrogens (tertiary/aromatic N) is 1. The molecule has 1 unspecified atom stereocenters. The first-order valence-electron chi connectivity index (χ1n) is 7.04. The van der Waals surface area contributed by atoms with Gasteiger partial charge in [0.1, 0.15) is 10.8 Å². The molecule has 21 heavy (non-hydrogen) atoms. The van der Waals surface area contributed by atoms with Crippen LogP contribution in [-0.4, -0.2) is 11.0 Å². The van der Waals surface area contributed by atoms with Crippen molar-refractivity contribution in [3.05, 3.63) is 59.4 Å². The molecular formula is C17H17FN2S. The molecule has 0 spiro atoms. The van der Waals surface area contributed by atoms with E-state index in [9.17, 15) is 4.39 Å². The minimum absolute atomic E-state index is 0.0890. The molecule has 0 fully saturated rings. The summed E-state index contributed by atoms with van der Waals surface area (Å²) in [6.07, 6.45) is 2.11. The predicted octanol–water partition coefficient (Wildman–Crippen LogP) is 3.93. The summed E-state index contributed by atoms with van der Waals surface area (Å²) in [5.41, 5.74) is 9.11. The Hall–Kier alpha value is -1.94. The summed E-state index contributed by atoms with van der Waals surface area (Å²) in [5, 5.41) is 0. The van der Waals surface area contributed by atoms with Gasteiger partial charge in [-0.1, -0.05) is 30.4 Å². The molecule has 1 heterocycles. The van der Waals surface area contributed by atoms with Crippen molar-refractivity contribution in [1.29, 1.82) is 0 Å². The van der Waals surface area contributed by atoms with Gasteiger partial charge in [-0.05, 0) is 49.6 Å². The second-order valence-electron chi connectivity index (χ2n) is 5.41. The fraction of sp³-hybridized carbons (Fsp3) is 0.235. The van der Waals surface area contributed by atoms with E-state index in [1.54, 1.807) is 6.07 Å². The number of nitrogens with two attached hydrogens (primary N) is 1. The third kappa shape index (κ3) is 2.51. The smallest absolute Gasteiger partial charge is 0.135 e. The van der Waals surface area contributed by atoms with E-state index in [-0.39, 0.29) is 10.8 Å². The van der Waals surface area contributed by atoms with E-state index in [0.717, 1.165) is 24.2 Å². The van der Waals surface area contributed by atoms with Crippen LogP contribution in [0.3, 0.4) is 0 Å². The molecule has 0 amide bonds. The van der Waals surface area contributed by atoms with Crippen molar-refractivity contribution in [2.45, 2.75) is 25.8 Å². The standard InChI is InChI=1S/C17H17FN2S/c1-11-6-7-12-4-2-3-5-16(12)20(11)13-8-9-14(17(19)21)15(18)10-13/h2-5,8-11H,6-7H2,1H3,(H2,19,21). The number of thiocarbonyl (C=S) groups is 1. The summed E-state index contributed by atoms with van der Waals surface area (Å²) >= 11 is 4.86. The zero-order valence-corrected chi connectivity index (χ0v) is 12.7. The number of halogens is 1. The first-order valence-corrected chi connectivity index (χ1v) is 7.45. The van der Waals surface area contributed by atoms with Crippen LogP contribution in [0.15, 0.2) is 42.5 Å². The van der Waals surface area contributed by atoms with E-state index in [4.69, 9.17) is 18.0 Å².